The summed E-state index contributed by atoms with van der Waals surface area (Å²) in [5, 5.41) is 4.30. The summed E-state index contributed by atoms with van der Waals surface area (Å²) in [5.74, 6) is 6.69. The molecule has 3 rings (SSSR count). The van der Waals surface area contributed by atoms with Gasteiger partial charge in [-0.15, -0.1) is 0 Å². The zero-order valence-corrected chi connectivity index (χ0v) is 11.6. The summed E-state index contributed by atoms with van der Waals surface area (Å²) in [7, 11) is 0. The number of hydrazine groups is 1. The number of nitrogens with two attached hydrogens (primary N) is 1. The largest absolute Gasteiger partial charge is 0.488 e. The molecule has 0 amide bonds. The first kappa shape index (κ1) is 13.1. The molecule has 1 aromatic carbocycles. The van der Waals surface area contributed by atoms with Crippen LogP contribution in [0.4, 0.5) is 0 Å². The quantitative estimate of drug-likeness (QED) is 0.636. The number of aryl methyl sites for hydroxylation is 1. The Morgan fingerprint density at radius 1 is 1.50 bits per heavy atom. The molecule has 0 saturated carbocycles. The van der Waals surface area contributed by atoms with Crippen LogP contribution < -0.4 is 16.0 Å². The Hall–Kier alpha value is -1.85. The molecular weight excluding hydrogens is 252 g/mol. The van der Waals surface area contributed by atoms with Gasteiger partial charge in [0.25, 0.3) is 0 Å². The molecule has 2 aromatic rings. The highest BCUT2D eigenvalue weighted by molar-refractivity contribution is 5.37. The fourth-order valence-corrected chi connectivity index (χ4v) is 2.67. The first-order valence-electron chi connectivity index (χ1n) is 7.02. The summed E-state index contributed by atoms with van der Waals surface area (Å²) in [5.41, 5.74) is 5.32. The smallest absolute Gasteiger partial charge is 0.123 e. The standard InChI is InChI=1S/C15H20N4O/c1-2-19-10-11(9-17-19)7-13(18-16)15-8-12-5-3-4-6-14(12)20-15/h3-6,9-10,13,15,18H,2,7-8,16H2,1H3. The van der Waals surface area contributed by atoms with Crippen LogP contribution in [0, 0.1) is 0 Å². The van der Waals surface area contributed by atoms with E-state index >= 15 is 0 Å². The number of benzene rings is 1. The highest BCUT2D eigenvalue weighted by atomic mass is 16.5. The van der Waals surface area contributed by atoms with Gasteiger partial charge in [-0.05, 0) is 30.5 Å². The Morgan fingerprint density at radius 2 is 2.35 bits per heavy atom. The summed E-state index contributed by atoms with van der Waals surface area (Å²) in [6.07, 6.45) is 5.74. The van der Waals surface area contributed by atoms with Gasteiger partial charge in [0.1, 0.15) is 11.9 Å². The molecule has 2 heterocycles. The van der Waals surface area contributed by atoms with E-state index in [9.17, 15) is 0 Å². The Labute approximate surface area is 118 Å². The van der Waals surface area contributed by atoms with Gasteiger partial charge in [-0.2, -0.15) is 5.10 Å². The van der Waals surface area contributed by atoms with E-state index in [1.807, 2.05) is 29.1 Å². The zero-order valence-electron chi connectivity index (χ0n) is 11.6. The molecule has 106 valence electrons. The third-order valence-corrected chi connectivity index (χ3v) is 3.80. The Bertz CT molecular complexity index is 556. The number of para-hydroxylation sites is 1. The average molecular weight is 272 g/mol. The highest BCUT2D eigenvalue weighted by Crippen LogP contribution is 2.30. The Morgan fingerprint density at radius 3 is 3.05 bits per heavy atom. The second-order valence-electron chi connectivity index (χ2n) is 5.15. The number of hydrogen-bond acceptors (Lipinski definition) is 4. The second kappa shape index (κ2) is 5.64. The fraction of sp³-hybridized carbons (Fsp3) is 0.400. The van der Waals surface area contributed by atoms with E-state index in [-0.39, 0.29) is 12.1 Å². The van der Waals surface area contributed by atoms with Crippen molar-refractivity contribution in [2.45, 2.75) is 38.5 Å². The van der Waals surface area contributed by atoms with E-state index in [1.165, 1.54) is 11.1 Å². The lowest BCUT2D eigenvalue weighted by atomic mass is 10.00. The number of fused-ring (bicyclic) bond motifs is 1. The van der Waals surface area contributed by atoms with Crippen LogP contribution >= 0.6 is 0 Å². The molecule has 1 aromatic heterocycles. The van der Waals surface area contributed by atoms with Crippen LogP contribution in [0.25, 0.3) is 0 Å². The monoisotopic (exact) mass is 272 g/mol. The number of nitrogens with zero attached hydrogens (tertiary/aromatic N) is 2. The van der Waals surface area contributed by atoms with Crippen molar-refractivity contribution in [3.63, 3.8) is 0 Å². The maximum atomic E-state index is 6.00. The zero-order chi connectivity index (χ0) is 13.9. The summed E-state index contributed by atoms with van der Waals surface area (Å²) in [6, 6.07) is 8.24. The minimum absolute atomic E-state index is 0.0716. The van der Waals surface area contributed by atoms with Gasteiger partial charge in [-0.1, -0.05) is 18.2 Å². The molecule has 5 nitrogen and oxygen atoms in total. The summed E-state index contributed by atoms with van der Waals surface area (Å²) in [4.78, 5) is 0. The van der Waals surface area contributed by atoms with Gasteiger partial charge in [0, 0.05) is 19.2 Å². The molecule has 0 radical (unpaired) electrons. The van der Waals surface area contributed by atoms with Crippen LogP contribution in [-0.4, -0.2) is 21.9 Å². The molecule has 2 atom stereocenters. The summed E-state index contributed by atoms with van der Waals surface area (Å²) in [6.45, 7) is 2.96. The van der Waals surface area contributed by atoms with E-state index < -0.39 is 0 Å². The topological polar surface area (TPSA) is 65.1 Å². The van der Waals surface area contributed by atoms with Crippen molar-refractivity contribution in [3.05, 3.63) is 47.8 Å². The van der Waals surface area contributed by atoms with Crippen molar-refractivity contribution >= 4 is 0 Å². The van der Waals surface area contributed by atoms with Gasteiger partial charge in [0.2, 0.25) is 0 Å². The normalized spacial score (nSPS) is 18.6. The molecule has 20 heavy (non-hydrogen) atoms. The number of ether oxygens (including phenoxy) is 1. The first-order chi connectivity index (χ1) is 9.80. The Kier molecular flexibility index (Phi) is 3.71. The predicted octanol–water partition coefficient (Wildman–Crippen LogP) is 1.28. The Balaban J connectivity index is 1.69. The lowest BCUT2D eigenvalue weighted by Crippen LogP contribution is -2.47. The van der Waals surface area contributed by atoms with E-state index in [1.54, 1.807) is 0 Å². The molecular formula is C15H20N4O. The molecule has 1 aliphatic rings. The molecule has 3 N–H and O–H groups in total. The van der Waals surface area contributed by atoms with Crippen molar-refractivity contribution in [1.82, 2.24) is 15.2 Å². The van der Waals surface area contributed by atoms with Crippen LogP contribution in [0.2, 0.25) is 0 Å². The third kappa shape index (κ3) is 2.55. The van der Waals surface area contributed by atoms with Crippen LogP contribution in [0.15, 0.2) is 36.7 Å². The van der Waals surface area contributed by atoms with Gasteiger partial charge in [0.15, 0.2) is 0 Å². The summed E-state index contributed by atoms with van der Waals surface area (Å²) < 4.78 is 7.92. The minimum Gasteiger partial charge on any atom is -0.488 e. The van der Waals surface area contributed by atoms with E-state index in [2.05, 4.69) is 29.7 Å². The average Bonchev–Trinajstić information content (AvgIpc) is 3.10. The van der Waals surface area contributed by atoms with E-state index in [0.29, 0.717) is 0 Å². The number of aromatic nitrogens is 2. The van der Waals surface area contributed by atoms with Crippen LogP contribution in [0.5, 0.6) is 5.75 Å². The molecule has 0 aliphatic carbocycles. The first-order valence-corrected chi connectivity index (χ1v) is 7.02. The molecule has 0 bridgehead atoms. The predicted molar refractivity (Wildman–Crippen MR) is 77.3 cm³/mol. The van der Waals surface area contributed by atoms with Crippen LogP contribution in [0.3, 0.4) is 0 Å². The summed E-state index contributed by atoms with van der Waals surface area (Å²) >= 11 is 0. The maximum absolute atomic E-state index is 6.00. The lowest BCUT2D eigenvalue weighted by Gasteiger charge is -2.21. The number of nitrogens with one attached hydrogen (secondary N) is 1. The minimum atomic E-state index is 0.0716. The van der Waals surface area contributed by atoms with Crippen LogP contribution in [0.1, 0.15) is 18.1 Å². The van der Waals surface area contributed by atoms with E-state index in [0.717, 1.165) is 25.1 Å². The van der Waals surface area contributed by atoms with Crippen molar-refractivity contribution < 1.29 is 4.74 Å². The molecule has 0 saturated heterocycles. The maximum Gasteiger partial charge on any atom is 0.123 e. The van der Waals surface area contributed by atoms with Crippen molar-refractivity contribution in [2.24, 2.45) is 5.84 Å². The highest BCUT2D eigenvalue weighted by Gasteiger charge is 2.29. The fourth-order valence-electron chi connectivity index (χ4n) is 2.67. The van der Waals surface area contributed by atoms with Gasteiger partial charge < -0.3 is 4.74 Å². The molecule has 5 heteroatoms. The van der Waals surface area contributed by atoms with Crippen molar-refractivity contribution in [3.8, 4) is 5.75 Å². The lowest BCUT2D eigenvalue weighted by molar-refractivity contribution is 0.177. The molecule has 0 spiro atoms. The number of rotatable bonds is 5. The SMILES string of the molecule is CCn1cc(CC(NN)C2Cc3ccccc3O2)cn1. The molecule has 1 aliphatic heterocycles. The van der Waals surface area contributed by atoms with Crippen molar-refractivity contribution in [2.75, 3.05) is 0 Å². The van der Waals surface area contributed by atoms with E-state index in [4.69, 9.17) is 10.6 Å². The van der Waals surface area contributed by atoms with Gasteiger partial charge in [0.05, 0.1) is 12.2 Å². The van der Waals surface area contributed by atoms with Gasteiger partial charge in [-0.25, -0.2) is 0 Å². The number of hydrogen-bond donors (Lipinski definition) is 2. The molecule has 0 fully saturated rings. The van der Waals surface area contributed by atoms with Gasteiger partial charge >= 0.3 is 0 Å². The second-order valence-corrected chi connectivity index (χ2v) is 5.15. The van der Waals surface area contributed by atoms with Crippen molar-refractivity contribution in [1.29, 1.82) is 0 Å². The van der Waals surface area contributed by atoms with Crippen LogP contribution in [-0.2, 0) is 19.4 Å². The third-order valence-electron chi connectivity index (χ3n) is 3.80. The molecule has 2 unspecified atom stereocenters. The van der Waals surface area contributed by atoms with Gasteiger partial charge in [-0.3, -0.25) is 16.0 Å².